The maximum Gasteiger partial charge on any atom is 0.230 e. The predicted octanol–water partition coefficient (Wildman–Crippen LogP) is 3.79. The molecular weight excluding hydrogens is 380 g/mol. The van der Waals surface area contributed by atoms with Crippen LogP contribution in [0.2, 0.25) is 0 Å². The first-order valence-corrected chi connectivity index (χ1v) is 9.75. The smallest absolute Gasteiger partial charge is 0.230 e. The van der Waals surface area contributed by atoms with Gasteiger partial charge < -0.3 is 9.88 Å². The Balaban J connectivity index is 1.69. The minimum absolute atomic E-state index is 0.138. The largest absolute Gasteiger partial charge is 0.355 e. The van der Waals surface area contributed by atoms with Crippen LogP contribution in [0.3, 0.4) is 0 Å². The van der Waals surface area contributed by atoms with Crippen molar-refractivity contribution in [2.75, 3.05) is 6.54 Å². The number of benzene rings is 1. The fraction of sp³-hybridized carbons (Fsp3) is 0.526. The monoisotopic (exact) mass is 404 g/mol. The van der Waals surface area contributed by atoms with Crippen LogP contribution in [-0.2, 0) is 16.6 Å². The van der Waals surface area contributed by atoms with E-state index >= 15 is 0 Å². The number of rotatable bonds is 6. The second-order valence-corrected chi connectivity index (χ2v) is 7.97. The van der Waals surface area contributed by atoms with E-state index in [4.69, 9.17) is 0 Å². The van der Waals surface area contributed by atoms with Gasteiger partial charge in [-0.25, -0.2) is 0 Å². The molecule has 1 aliphatic rings. The molecule has 1 aliphatic carbocycles. The molecule has 25 heavy (non-hydrogen) atoms. The van der Waals surface area contributed by atoms with Crippen LogP contribution in [0, 0.1) is 0 Å². The molecule has 5 nitrogen and oxygen atoms in total. The normalized spacial score (nSPS) is 16.3. The summed E-state index contributed by atoms with van der Waals surface area (Å²) in [5.74, 6) is 1.05. The quantitative estimate of drug-likeness (QED) is 0.796. The van der Waals surface area contributed by atoms with Crippen molar-refractivity contribution < 1.29 is 4.79 Å². The first kappa shape index (κ1) is 18.1. The number of nitrogens with zero attached hydrogens (tertiary/aromatic N) is 3. The molecule has 0 atom stereocenters. The van der Waals surface area contributed by atoms with Gasteiger partial charge >= 0.3 is 0 Å². The molecule has 0 aliphatic heterocycles. The Morgan fingerprint density at radius 2 is 2.12 bits per heavy atom. The summed E-state index contributed by atoms with van der Waals surface area (Å²) in [5.41, 5.74) is 0.720. The highest BCUT2D eigenvalue weighted by Gasteiger charge is 2.42. The van der Waals surface area contributed by atoms with Gasteiger partial charge in [-0.3, -0.25) is 4.79 Å². The average Bonchev–Trinajstić information content (AvgIpc) is 3.25. The molecule has 0 radical (unpaired) electrons. The van der Waals surface area contributed by atoms with Crippen molar-refractivity contribution in [1.29, 1.82) is 0 Å². The van der Waals surface area contributed by atoms with Crippen LogP contribution in [0.5, 0.6) is 0 Å². The van der Waals surface area contributed by atoms with Crippen LogP contribution >= 0.6 is 15.9 Å². The van der Waals surface area contributed by atoms with Crippen LogP contribution in [0.4, 0.5) is 0 Å². The van der Waals surface area contributed by atoms with Crippen molar-refractivity contribution in [1.82, 2.24) is 20.1 Å². The van der Waals surface area contributed by atoms with Gasteiger partial charge in [-0.05, 0) is 44.4 Å². The van der Waals surface area contributed by atoms with E-state index in [0.717, 1.165) is 41.5 Å². The molecule has 1 fully saturated rings. The number of halogens is 1. The second kappa shape index (κ2) is 7.68. The van der Waals surface area contributed by atoms with Gasteiger partial charge in [0.1, 0.15) is 12.2 Å². The third kappa shape index (κ3) is 3.78. The molecule has 1 amide bonds. The molecule has 1 heterocycles. The van der Waals surface area contributed by atoms with Gasteiger partial charge in [0.25, 0.3) is 0 Å². The van der Waals surface area contributed by atoms with E-state index in [9.17, 15) is 4.79 Å². The predicted molar refractivity (Wildman–Crippen MR) is 101 cm³/mol. The minimum atomic E-state index is -0.393. The van der Waals surface area contributed by atoms with Crippen molar-refractivity contribution in [2.24, 2.45) is 0 Å². The molecule has 134 valence electrons. The number of nitrogens with one attached hydrogen (secondary N) is 1. The van der Waals surface area contributed by atoms with Crippen molar-refractivity contribution in [2.45, 2.75) is 57.4 Å². The Morgan fingerprint density at radius 3 is 2.80 bits per heavy atom. The molecule has 2 aromatic rings. The zero-order chi connectivity index (χ0) is 17.9. The molecule has 1 aromatic heterocycles. The van der Waals surface area contributed by atoms with E-state index in [1.807, 2.05) is 16.7 Å². The number of carbonyl (C=O) groups excluding carboxylic acids is 1. The molecular formula is C19H25BrN4O. The maximum absolute atomic E-state index is 13.1. The maximum atomic E-state index is 13.1. The van der Waals surface area contributed by atoms with Gasteiger partial charge in [0.15, 0.2) is 0 Å². The number of hydrogen-bond acceptors (Lipinski definition) is 3. The number of amides is 1. The molecule has 1 aromatic carbocycles. The molecule has 0 spiro atoms. The summed E-state index contributed by atoms with van der Waals surface area (Å²) in [6, 6.07) is 8.50. The fourth-order valence-electron chi connectivity index (χ4n) is 3.75. The van der Waals surface area contributed by atoms with E-state index in [-0.39, 0.29) is 5.91 Å². The Labute approximate surface area is 157 Å². The highest BCUT2D eigenvalue weighted by Crippen LogP contribution is 2.42. The van der Waals surface area contributed by atoms with Crippen molar-refractivity contribution in [3.05, 3.63) is 46.5 Å². The van der Waals surface area contributed by atoms with Crippen LogP contribution in [0.1, 0.15) is 57.0 Å². The SMILES string of the molecule is CC(C)n1cnnc1CCNC(=O)C1(c2cccc(Br)c2)CCCC1. The summed E-state index contributed by atoms with van der Waals surface area (Å²) in [4.78, 5) is 13.1. The Kier molecular flexibility index (Phi) is 5.57. The summed E-state index contributed by atoms with van der Waals surface area (Å²) in [7, 11) is 0. The standard InChI is InChI=1S/C19H25BrN4O/c1-14(2)24-13-22-23-17(24)8-11-21-18(25)19(9-3-4-10-19)15-6-5-7-16(20)12-15/h5-7,12-14H,3-4,8-11H2,1-2H3,(H,21,25). The van der Waals surface area contributed by atoms with Crippen LogP contribution in [0.25, 0.3) is 0 Å². The highest BCUT2D eigenvalue weighted by molar-refractivity contribution is 9.10. The van der Waals surface area contributed by atoms with Crippen molar-refractivity contribution >= 4 is 21.8 Å². The fourth-order valence-corrected chi connectivity index (χ4v) is 4.14. The summed E-state index contributed by atoms with van der Waals surface area (Å²) >= 11 is 3.53. The lowest BCUT2D eigenvalue weighted by Crippen LogP contribution is -2.43. The third-order valence-electron chi connectivity index (χ3n) is 5.11. The third-order valence-corrected chi connectivity index (χ3v) is 5.60. The molecule has 1 N–H and O–H groups in total. The molecule has 6 heteroatoms. The van der Waals surface area contributed by atoms with Gasteiger partial charge in [-0.2, -0.15) is 0 Å². The minimum Gasteiger partial charge on any atom is -0.355 e. The number of carbonyl (C=O) groups is 1. The van der Waals surface area contributed by atoms with Crippen molar-refractivity contribution in [3.63, 3.8) is 0 Å². The van der Waals surface area contributed by atoms with Gasteiger partial charge in [0.2, 0.25) is 5.91 Å². The lowest BCUT2D eigenvalue weighted by molar-refractivity contribution is -0.126. The number of hydrogen-bond donors (Lipinski definition) is 1. The topological polar surface area (TPSA) is 59.8 Å². The van der Waals surface area contributed by atoms with Gasteiger partial charge in [-0.1, -0.05) is 40.9 Å². The summed E-state index contributed by atoms with van der Waals surface area (Å²) < 4.78 is 3.07. The van der Waals surface area contributed by atoms with Crippen LogP contribution in [0.15, 0.2) is 35.1 Å². The molecule has 1 saturated carbocycles. The van der Waals surface area contributed by atoms with E-state index in [0.29, 0.717) is 19.0 Å². The molecule has 0 saturated heterocycles. The molecule has 0 unspecified atom stereocenters. The zero-order valence-corrected chi connectivity index (χ0v) is 16.4. The van der Waals surface area contributed by atoms with E-state index in [2.05, 4.69) is 57.4 Å². The van der Waals surface area contributed by atoms with Crippen molar-refractivity contribution in [3.8, 4) is 0 Å². The summed E-state index contributed by atoms with van der Waals surface area (Å²) in [5, 5.41) is 11.3. The highest BCUT2D eigenvalue weighted by atomic mass is 79.9. The zero-order valence-electron chi connectivity index (χ0n) is 14.8. The van der Waals surface area contributed by atoms with E-state index < -0.39 is 5.41 Å². The molecule has 0 bridgehead atoms. The van der Waals surface area contributed by atoms with Gasteiger partial charge in [0, 0.05) is 23.5 Å². The Bertz CT molecular complexity index is 735. The van der Waals surface area contributed by atoms with Crippen LogP contribution in [-0.4, -0.2) is 27.2 Å². The first-order valence-electron chi connectivity index (χ1n) is 8.96. The van der Waals surface area contributed by atoms with Crippen LogP contribution < -0.4 is 5.32 Å². The average molecular weight is 405 g/mol. The van der Waals surface area contributed by atoms with Gasteiger partial charge in [-0.15, -0.1) is 10.2 Å². The Hall–Kier alpha value is -1.69. The molecule has 3 rings (SSSR count). The number of aromatic nitrogens is 3. The lowest BCUT2D eigenvalue weighted by atomic mass is 9.78. The van der Waals surface area contributed by atoms with E-state index in [1.165, 1.54) is 0 Å². The second-order valence-electron chi connectivity index (χ2n) is 7.05. The van der Waals surface area contributed by atoms with Gasteiger partial charge in [0.05, 0.1) is 5.41 Å². The summed E-state index contributed by atoms with van der Waals surface area (Å²) in [6.07, 6.45) is 6.47. The van der Waals surface area contributed by atoms with E-state index in [1.54, 1.807) is 6.33 Å². The lowest BCUT2D eigenvalue weighted by Gasteiger charge is -2.28. The summed E-state index contributed by atoms with van der Waals surface area (Å²) in [6.45, 7) is 4.79. The Morgan fingerprint density at radius 1 is 1.36 bits per heavy atom. The first-order chi connectivity index (χ1) is 12.0.